The fourth-order valence-electron chi connectivity index (χ4n) is 2.68. The van der Waals surface area contributed by atoms with E-state index >= 15 is 0 Å². The molecule has 0 saturated heterocycles. The number of anilines is 1. The van der Waals surface area contributed by atoms with Gasteiger partial charge in [-0.05, 0) is 18.1 Å². The van der Waals surface area contributed by atoms with Crippen molar-refractivity contribution in [2.24, 2.45) is 0 Å². The van der Waals surface area contributed by atoms with Crippen LogP contribution in [0.5, 0.6) is 0 Å². The second kappa shape index (κ2) is 3.91. The molecule has 0 aromatic heterocycles. The topological polar surface area (TPSA) is 29.5 Å². The molecule has 1 aliphatic rings. The second-order valence-electron chi connectivity index (χ2n) is 4.26. The van der Waals surface area contributed by atoms with Crippen LogP contribution < -0.4 is 4.90 Å². The van der Waals surface area contributed by atoms with Gasteiger partial charge in [-0.2, -0.15) is 0 Å². The number of carbonyl (C=O) groups is 1. The van der Waals surface area contributed by atoms with Gasteiger partial charge in [0, 0.05) is 18.3 Å². The molecule has 0 aliphatic carbocycles. The van der Waals surface area contributed by atoms with Gasteiger partial charge in [-0.3, -0.25) is 0 Å². The van der Waals surface area contributed by atoms with Crippen LogP contribution in [-0.4, -0.2) is 25.7 Å². The lowest BCUT2D eigenvalue weighted by molar-refractivity contribution is -0.144. The Kier molecular flexibility index (Phi) is 2.69. The molecule has 0 amide bonds. The molecule has 0 saturated carbocycles. The Morgan fingerprint density at radius 2 is 2.12 bits per heavy atom. The lowest BCUT2D eigenvalue weighted by Crippen LogP contribution is -2.50. The van der Waals surface area contributed by atoms with Crippen molar-refractivity contribution < 1.29 is 9.53 Å². The van der Waals surface area contributed by atoms with Crippen molar-refractivity contribution in [2.75, 3.05) is 19.1 Å². The summed E-state index contributed by atoms with van der Waals surface area (Å²) in [6.45, 7) is 6.07. The number of carbonyl (C=O) groups excluding carboxylic acids is 1. The number of benzene rings is 1. The van der Waals surface area contributed by atoms with Crippen molar-refractivity contribution >= 4 is 17.2 Å². The Hall–Kier alpha value is -1.77. The molecule has 0 spiro atoms. The quantitative estimate of drug-likeness (QED) is 0.732. The highest BCUT2D eigenvalue weighted by Gasteiger charge is 2.50. The Morgan fingerprint density at radius 3 is 2.65 bits per heavy atom. The summed E-state index contributed by atoms with van der Waals surface area (Å²) in [6, 6.07) is 7.92. The van der Waals surface area contributed by atoms with Crippen molar-refractivity contribution in [3.05, 3.63) is 36.4 Å². The van der Waals surface area contributed by atoms with E-state index in [1.54, 1.807) is 0 Å². The number of likely N-dealkylation sites (N-methyl/N-ethyl adjacent to an activating group) is 1. The third-order valence-electron chi connectivity index (χ3n) is 3.70. The van der Waals surface area contributed by atoms with Gasteiger partial charge in [-0.25, -0.2) is 4.79 Å². The van der Waals surface area contributed by atoms with Gasteiger partial charge in [-0.1, -0.05) is 31.7 Å². The van der Waals surface area contributed by atoms with Gasteiger partial charge in [0.2, 0.25) is 0 Å². The number of methoxy groups -OCH3 is 1. The van der Waals surface area contributed by atoms with E-state index in [2.05, 4.69) is 6.58 Å². The van der Waals surface area contributed by atoms with Crippen LogP contribution in [0, 0.1) is 0 Å². The molecule has 17 heavy (non-hydrogen) atoms. The second-order valence-corrected chi connectivity index (χ2v) is 4.26. The first-order valence-electron chi connectivity index (χ1n) is 5.70. The monoisotopic (exact) mass is 231 g/mol. The summed E-state index contributed by atoms with van der Waals surface area (Å²) in [5.74, 6) is -0.247. The lowest BCUT2D eigenvalue weighted by Gasteiger charge is -2.34. The van der Waals surface area contributed by atoms with Gasteiger partial charge in [0.25, 0.3) is 0 Å². The van der Waals surface area contributed by atoms with Crippen LogP contribution in [0.4, 0.5) is 5.69 Å². The smallest absolute Gasteiger partial charge is 0.336 e. The van der Waals surface area contributed by atoms with Crippen molar-refractivity contribution in [1.29, 1.82) is 0 Å². The van der Waals surface area contributed by atoms with Crippen molar-refractivity contribution in [3.8, 4) is 0 Å². The molecule has 3 nitrogen and oxygen atoms in total. The average molecular weight is 231 g/mol. The molecule has 0 radical (unpaired) electrons. The van der Waals surface area contributed by atoms with Gasteiger partial charge in [-0.15, -0.1) is 0 Å². The molecule has 1 aromatic rings. The molecule has 1 heterocycles. The summed E-state index contributed by atoms with van der Waals surface area (Å²) >= 11 is 0. The number of fused-ring (bicyclic) bond motifs is 1. The summed E-state index contributed by atoms with van der Waals surface area (Å²) in [4.78, 5) is 14.1. The van der Waals surface area contributed by atoms with E-state index in [9.17, 15) is 4.79 Å². The Labute approximate surface area is 102 Å². The van der Waals surface area contributed by atoms with Crippen LogP contribution in [0.2, 0.25) is 0 Å². The molecule has 0 N–H and O–H groups in total. The fraction of sp³-hybridized carbons (Fsp3) is 0.357. The van der Waals surface area contributed by atoms with Gasteiger partial charge in [0.05, 0.1) is 7.11 Å². The van der Waals surface area contributed by atoms with Crippen LogP contribution in [-0.2, 0) is 9.53 Å². The maximum absolute atomic E-state index is 12.1. The van der Waals surface area contributed by atoms with E-state index in [1.165, 1.54) is 7.11 Å². The Morgan fingerprint density at radius 1 is 1.47 bits per heavy atom. The molecule has 1 aliphatic heterocycles. The minimum Gasteiger partial charge on any atom is -0.467 e. The average Bonchev–Trinajstić information content (AvgIpc) is 2.60. The maximum Gasteiger partial charge on any atom is 0.336 e. The van der Waals surface area contributed by atoms with Crippen LogP contribution in [0.3, 0.4) is 0 Å². The predicted octanol–water partition coefficient (Wildman–Crippen LogP) is 2.47. The summed E-state index contributed by atoms with van der Waals surface area (Å²) in [5, 5.41) is 0. The van der Waals surface area contributed by atoms with E-state index in [4.69, 9.17) is 4.74 Å². The zero-order valence-corrected chi connectivity index (χ0v) is 10.5. The number of para-hydroxylation sites is 1. The van der Waals surface area contributed by atoms with Crippen molar-refractivity contribution in [1.82, 2.24) is 0 Å². The molecule has 3 heteroatoms. The normalized spacial score (nSPS) is 22.5. The summed E-state index contributed by atoms with van der Waals surface area (Å²) in [5.41, 5.74) is 2.13. The van der Waals surface area contributed by atoms with Gasteiger partial charge in [0.1, 0.15) is 0 Å². The Bertz CT molecular complexity index is 481. The van der Waals surface area contributed by atoms with Crippen LogP contribution in [0.1, 0.15) is 18.9 Å². The highest BCUT2D eigenvalue weighted by atomic mass is 16.5. The minimum absolute atomic E-state index is 0.247. The zero-order valence-electron chi connectivity index (χ0n) is 10.5. The number of rotatable bonds is 2. The highest BCUT2D eigenvalue weighted by Crippen LogP contribution is 2.47. The molecular formula is C14H17NO2. The summed E-state index contributed by atoms with van der Waals surface area (Å²) < 4.78 is 4.96. The number of ether oxygens (including phenoxy) is 1. The first kappa shape index (κ1) is 11.7. The van der Waals surface area contributed by atoms with Crippen molar-refractivity contribution in [3.63, 3.8) is 0 Å². The van der Waals surface area contributed by atoms with Gasteiger partial charge < -0.3 is 9.64 Å². The molecule has 1 unspecified atom stereocenters. The van der Waals surface area contributed by atoms with E-state index in [-0.39, 0.29) is 5.97 Å². The SMILES string of the molecule is C=C1c2ccccc2N(C)C1(CC)C(=O)OC. The third-order valence-corrected chi connectivity index (χ3v) is 3.70. The number of hydrogen-bond acceptors (Lipinski definition) is 3. The van der Waals surface area contributed by atoms with Gasteiger partial charge >= 0.3 is 5.97 Å². The summed E-state index contributed by atoms with van der Waals surface area (Å²) in [6.07, 6.45) is 0.643. The molecule has 0 bridgehead atoms. The van der Waals surface area contributed by atoms with E-state index in [1.807, 2.05) is 43.1 Å². The summed E-state index contributed by atoms with van der Waals surface area (Å²) in [7, 11) is 3.33. The molecule has 1 atom stereocenters. The van der Waals surface area contributed by atoms with Crippen LogP contribution >= 0.6 is 0 Å². The third kappa shape index (κ3) is 1.32. The maximum atomic E-state index is 12.1. The van der Waals surface area contributed by atoms with Crippen molar-refractivity contribution in [2.45, 2.75) is 18.9 Å². The fourth-order valence-corrected chi connectivity index (χ4v) is 2.68. The highest BCUT2D eigenvalue weighted by molar-refractivity contribution is 6.06. The first-order valence-corrected chi connectivity index (χ1v) is 5.70. The molecule has 90 valence electrons. The van der Waals surface area contributed by atoms with E-state index in [0.717, 1.165) is 16.8 Å². The molecule has 2 rings (SSSR count). The predicted molar refractivity (Wildman–Crippen MR) is 68.9 cm³/mol. The van der Waals surface area contributed by atoms with E-state index in [0.29, 0.717) is 6.42 Å². The van der Waals surface area contributed by atoms with Crippen LogP contribution in [0.25, 0.3) is 5.57 Å². The molecule has 1 aromatic carbocycles. The molecule has 0 fully saturated rings. The Balaban J connectivity index is 2.61. The number of esters is 1. The van der Waals surface area contributed by atoms with Crippen LogP contribution in [0.15, 0.2) is 30.8 Å². The lowest BCUT2D eigenvalue weighted by atomic mass is 9.87. The zero-order chi connectivity index (χ0) is 12.6. The van der Waals surface area contributed by atoms with Gasteiger partial charge in [0.15, 0.2) is 5.54 Å². The number of nitrogens with zero attached hydrogens (tertiary/aromatic N) is 1. The first-order chi connectivity index (χ1) is 8.09. The number of hydrogen-bond donors (Lipinski definition) is 0. The minimum atomic E-state index is -0.752. The van der Waals surface area contributed by atoms with E-state index < -0.39 is 5.54 Å². The molecular weight excluding hydrogens is 214 g/mol. The standard InChI is InChI=1S/C14H17NO2/c1-5-14(13(16)17-4)10(2)11-8-6-7-9-12(11)15(14)3/h6-9H,2,5H2,1,3-4H3. The largest absolute Gasteiger partial charge is 0.467 e.